The van der Waals surface area contributed by atoms with Crippen LogP contribution in [0.4, 0.5) is 0 Å². The van der Waals surface area contributed by atoms with E-state index in [1.165, 1.54) is 0 Å². The van der Waals surface area contributed by atoms with E-state index in [-0.39, 0.29) is 10.8 Å². The van der Waals surface area contributed by atoms with Crippen LogP contribution in [0.1, 0.15) is 52.7 Å². The lowest BCUT2D eigenvalue weighted by molar-refractivity contribution is 0.358. The zero-order chi connectivity index (χ0) is 20.4. The summed E-state index contributed by atoms with van der Waals surface area (Å²) in [6.07, 6.45) is 0. The molecule has 0 bridgehead atoms. The zero-order valence-electron chi connectivity index (χ0n) is 17.3. The highest BCUT2D eigenvalue weighted by atomic mass is 14.7. The summed E-state index contributed by atoms with van der Waals surface area (Å²) in [7, 11) is 25.8. The molecule has 130 valence electrons. The van der Waals surface area contributed by atoms with Gasteiger partial charge in [-0.05, 0) is 23.0 Å². The fraction of sp³-hybridized carbons (Fsp3) is 0.455. The van der Waals surface area contributed by atoms with Gasteiger partial charge >= 0.3 is 0 Å². The number of hydrogen-bond donors (Lipinski definition) is 1. The standard InChI is InChI=1S/C22H25B4N/c1-19(2,3)21(23,24)13-7-9-15-16-10-8-14(22(25,26)20(4,5)6)12-18(16)27-17(15)11-13/h7-12,27H,1-6H3. The maximum atomic E-state index is 6.46. The third kappa shape index (κ3) is 3.18. The van der Waals surface area contributed by atoms with Crippen molar-refractivity contribution in [3.8, 4) is 0 Å². The van der Waals surface area contributed by atoms with Crippen LogP contribution >= 0.6 is 0 Å². The molecule has 0 unspecified atom stereocenters. The number of nitrogens with one attached hydrogen (secondary N) is 1. The SMILES string of the molecule is [B]C([B])(c1ccc2c(c1)[nH]c1cc(C([B])([B])C(C)(C)C)ccc12)C(C)(C)C. The van der Waals surface area contributed by atoms with Crippen LogP contribution in [0.2, 0.25) is 0 Å². The van der Waals surface area contributed by atoms with E-state index in [0.717, 1.165) is 32.9 Å². The molecule has 1 N–H and O–H groups in total. The number of hydrogen-bond acceptors (Lipinski definition) is 0. The second-order valence-electron chi connectivity index (χ2n) is 9.88. The Labute approximate surface area is 168 Å². The van der Waals surface area contributed by atoms with Crippen LogP contribution in [0.15, 0.2) is 36.4 Å². The monoisotopic (exact) mass is 347 g/mol. The molecule has 1 heterocycles. The minimum Gasteiger partial charge on any atom is -0.354 e. The quantitative estimate of drug-likeness (QED) is 0.662. The largest absolute Gasteiger partial charge is 0.354 e. The first-order chi connectivity index (χ1) is 12.2. The number of aromatic nitrogens is 1. The molecule has 1 aromatic heterocycles. The van der Waals surface area contributed by atoms with Crippen LogP contribution < -0.4 is 0 Å². The third-order valence-electron chi connectivity index (χ3n) is 6.04. The summed E-state index contributed by atoms with van der Waals surface area (Å²) in [5, 5.41) is 0.389. The second-order valence-corrected chi connectivity index (χ2v) is 9.88. The Kier molecular flexibility index (Phi) is 4.50. The van der Waals surface area contributed by atoms with Crippen LogP contribution in [0, 0.1) is 10.8 Å². The van der Waals surface area contributed by atoms with E-state index < -0.39 is 10.4 Å². The first-order valence-electron chi connectivity index (χ1n) is 9.38. The normalized spacial score (nSPS) is 14.1. The lowest BCUT2D eigenvalue weighted by atomic mass is 9.41. The topological polar surface area (TPSA) is 15.8 Å². The molecule has 0 fully saturated rings. The van der Waals surface area contributed by atoms with Gasteiger partial charge in [0.2, 0.25) is 0 Å². The van der Waals surface area contributed by atoms with Crippen LogP contribution in [-0.2, 0) is 10.4 Å². The summed E-state index contributed by atoms with van der Waals surface area (Å²) in [6.45, 7) is 12.3. The molecule has 5 heteroatoms. The molecule has 0 aliphatic carbocycles. The van der Waals surface area contributed by atoms with E-state index in [9.17, 15) is 0 Å². The molecule has 0 saturated carbocycles. The minimum absolute atomic E-state index is 0.273. The van der Waals surface area contributed by atoms with Crippen LogP contribution in [0.5, 0.6) is 0 Å². The van der Waals surface area contributed by atoms with Crippen molar-refractivity contribution in [3.05, 3.63) is 47.5 Å². The van der Waals surface area contributed by atoms with Gasteiger partial charge in [0.05, 0.1) is 31.4 Å². The Morgan fingerprint density at radius 3 is 1.22 bits per heavy atom. The van der Waals surface area contributed by atoms with Gasteiger partial charge in [0.15, 0.2) is 0 Å². The fourth-order valence-corrected chi connectivity index (χ4v) is 3.29. The van der Waals surface area contributed by atoms with Gasteiger partial charge in [-0.15, -0.1) is 0 Å². The van der Waals surface area contributed by atoms with Crippen molar-refractivity contribution in [1.29, 1.82) is 0 Å². The third-order valence-corrected chi connectivity index (χ3v) is 6.04. The highest BCUT2D eigenvalue weighted by molar-refractivity contribution is 6.41. The smallest absolute Gasteiger partial charge is 0.0689 e. The average molecular weight is 347 g/mol. The Morgan fingerprint density at radius 1 is 0.593 bits per heavy atom. The lowest BCUT2D eigenvalue weighted by Crippen LogP contribution is -2.41. The van der Waals surface area contributed by atoms with Crippen molar-refractivity contribution in [1.82, 2.24) is 4.98 Å². The Morgan fingerprint density at radius 2 is 0.926 bits per heavy atom. The molecular formula is C22H25B4N. The predicted octanol–water partition coefficient (Wildman–Crippen LogP) is 4.39. The van der Waals surface area contributed by atoms with Crippen molar-refractivity contribution >= 4 is 53.2 Å². The molecule has 8 radical (unpaired) electrons. The van der Waals surface area contributed by atoms with Gasteiger partial charge in [0.25, 0.3) is 0 Å². The molecule has 27 heavy (non-hydrogen) atoms. The Bertz CT molecular complexity index is 920. The van der Waals surface area contributed by atoms with Gasteiger partial charge in [-0.1, -0.05) is 87.4 Å². The van der Waals surface area contributed by atoms with Crippen molar-refractivity contribution in [3.63, 3.8) is 0 Å². The summed E-state index contributed by atoms with van der Waals surface area (Å²) in [6, 6.07) is 12.3. The molecule has 0 saturated heterocycles. The number of rotatable bonds is 2. The first kappa shape index (κ1) is 20.2. The summed E-state index contributed by atoms with van der Waals surface area (Å²) in [5.74, 6) is 0. The van der Waals surface area contributed by atoms with Gasteiger partial charge in [0.1, 0.15) is 0 Å². The molecule has 3 rings (SSSR count). The molecule has 2 aromatic carbocycles. The minimum atomic E-state index is -0.931. The van der Waals surface area contributed by atoms with Gasteiger partial charge in [0, 0.05) is 21.8 Å². The predicted molar refractivity (Wildman–Crippen MR) is 121 cm³/mol. The molecule has 0 aliphatic heterocycles. The summed E-state index contributed by atoms with van der Waals surface area (Å²) in [4.78, 5) is 3.48. The Hall–Kier alpha value is -1.50. The maximum absolute atomic E-state index is 6.46. The van der Waals surface area contributed by atoms with Crippen LogP contribution in [-0.4, -0.2) is 36.4 Å². The molecule has 0 atom stereocenters. The van der Waals surface area contributed by atoms with Gasteiger partial charge in [-0.25, -0.2) is 0 Å². The molecular weight excluding hydrogens is 321 g/mol. The highest BCUT2D eigenvalue weighted by Crippen LogP contribution is 2.40. The lowest BCUT2D eigenvalue weighted by Gasteiger charge is -2.40. The summed E-state index contributed by atoms with van der Waals surface area (Å²) < 4.78 is 0. The molecule has 3 aromatic rings. The maximum Gasteiger partial charge on any atom is 0.0689 e. The van der Waals surface area contributed by atoms with Gasteiger partial charge in [-0.2, -0.15) is 0 Å². The van der Waals surface area contributed by atoms with E-state index in [2.05, 4.69) is 17.1 Å². The van der Waals surface area contributed by atoms with E-state index in [1.807, 2.05) is 65.8 Å². The number of H-pyrrole nitrogens is 1. The zero-order valence-corrected chi connectivity index (χ0v) is 17.3. The molecule has 1 nitrogen and oxygen atoms in total. The number of benzene rings is 2. The van der Waals surface area contributed by atoms with E-state index in [1.54, 1.807) is 0 Å². The van der Waals surface area contributed by atoms with E-state index >= 15 is 0 Å². The molecule has 0 spiro atoms. The average Bonchev–Trinajstić information content (AvgIpc) is 2.89. The fourth-order valence-electron chi connectivity index (χ4n) is 3.29. The van der Waals surface area contributed by atoms with Crippen LogP contribution in [0.25, 0.3) is 21.8 Å². The molecule has 0 amide bonds. The Balaban J connectivity index is 2.17. The van der Waals surface area contributed by atoms with Crippen LogP contribution in [0.3, 0.4) is 0 Å². The van der Waals surface area contributed by atoms with Crippen molar-refractivity contribution in [2.24, 2.45) is 10.8 Å². The first-order valence-corrected chi connectivity index (χ1v) is 9.38. The summed E-state index contributed by atoms with van der Waals surface area (Å²) >= 11 is 0. The van der Waals surface area contributed by atoms with E-state index in [4.69, 9.17) is 31.4 Å². The number of fused-ring (bicyclic) bond motifs is 3. The number of aromatic amines is 1. The van der Waals surface area contributed by atoms with Gasteiger partial charge in [-0.3, -0.25) is 0 Å². The van der Waals surface area contributed by atoms with Crippen molar-refractivity contribution in [2.75, 3.05) is 0 Å². The van der Waals surface area contributed by atoms with Crippen molar-refractivity contribution in [2.45, 2.75) is 52.0 Å². The second kappa shape index (κ2) is 6.00. The summed E-state index contributed by atoms with van der Waals surface area (Å²) in [5.41, 5.74) is 3.25. The van der Waals surface area contributed by atoms with E-state index in [0.29, 0.717) is 0 Å². The van der Waals surface area contributed by atoms with Crippen molar-refractivity contribution < 1.29 is 0 Å². The highest BCUT2D eigenvalue weighted by Gasteiger charge is 2.34. The van der Waals surface area contributed by atoms with Gasteiger partial charge < -0.3 is 4.98 Å². The molecule has 0 aliphatic rings.